The van der Waals surface area contributed by atoms with Crippen molar-refractivity contribution in [1.29, 1.82) is 0 Å². The monoisotopic (exact) mass is 362 g/mol. The highest BCUT2D eigenvalue weighted by Gasteiger charge is 2.31. The number of sulfonamides is 1. The predicted molar refractivity (Wildman–Crippen MR) is 94.2 cm³/mol. The van der Waals surface area contributed by atoms with E-state index in [1.165, 1.54) is 36.0 Å². The number of nitrogens with one attached hydrogen (secondary N) is 1. The fraction of sp³-hybridized carbons (Fsp3) is 0.125. The SMILES string of the molecule is O=C(O)c1cccc(NS(=O)(=O)C2CC=C(c3ccccn3)S2)c1. The molecule has 3 rings (SSSR count). The van der Waals surface area contributed by atoms with Crippen molar-refractivity contribution < 1.29 is 18.3 Å². The van der Waals surface area contributed by atoms with E-state index in [0.29, 0.717) is 6.42 Å². The number of benzene rings is 1. The molecule has 2 N–H and O–H groups in total. The van der Waals surface area contributed by atoms with E-state index in [4.69, 9.17) is 5.11 Å². The third-order valence-corrected chi connectivity index (χ3v) is 6.93. The van der Waals surface area contributed by atoms with Crippen LogP contribution in [-0.2, 0) is 10.0 Å². The largest absolute Gasteiger partial charge is 0.478 e. The van der Waals surface area contributed by atoms with Crippen LogP contribution < -0.4 is 4.72 Å². The van der Waals surface area contributed by atoms with Gasteiger partial charge in [-0.3, -0.25) is 9.71 Å². The molecular formula is C16H14N2O4S2. The van der Waals surface area contributed by atoms with Gasteiger partial charge in [0.1, 0.15) is 4.58 Å². The van der Waals surface area contributed by atoms with Gasteiger partial charge in [0.25, 0.3) is 0 Å². The number of hydrogen-bond acceptors (Lipinski definition) is 5. The quantitative estimate of drug-likeness (QED) is 0.849. The third-order valence-electron chi connectivity index (χ3n) is 3.39. The van der Waals surface area contributed by atoms with Crippen LogP contribution in [0.2, 0.25) is 0 Å². The van der Waals surface area contributed by atoms with E-state index in [1.807, 2.05) is 18.2 Å². The minimum Gasteiger partial charge on any atom is -0.478 e. The zero-order valence-corrected chi connectivity index (χ0v) is 14.0. The first-order valence-electron chi connectivity index (χ1n) is 7.09. The summed E-state index contributed by atoms with van der Waals surface area (Å²) in [6, 6.07) is 11.2. The van der Waals surface area contributed by atoms with E-state index in [0.717, 1.165) is 10.6 Å². The molecule has 0 saturated carbocycles. The van der Waals surface area contributed by atoms with Gasteiger partial charge in [-0.2, -0.15) is 0 Å². The molecule has 0 amide bonds. The number of thioether (sulfide) groups is 1. The summed E-state index contributed by atoms with van der Waals surface area (Å²) in [7, 11) is -3.66. The number of allylic oxidation sites excluding steroid dienone is 1. The predicted octanol–water partition coefficient (Wildman–Crippen LogP) is 3.03. The maximum Gasteiger partial charge on any atom is 0.335 e. The maximum atomic E-state index is 12.5. The Bertz CT molecular complexity index is 895. The first kappa shape index (κ1) is 16.5. The van der Waals surface area contributed by atoms with Gasteiger partial charge in [-0.05, 0) is 36.8 Å². The van der Waals surface area contributed by atoms with E-state index in [9.17, 15) is 13.2 Å². The molecule has 1 aromatic heterocycles. The summed E-state index contributed by atoms with van der Waals surface area (Å²) in [6.45, 7) is 0. The van der Waals surface area contributed by atoms with E-state index in [2.05, 4.69) is 9.71 Å². The minimum atomic E-state index is -3.66. The van der Waals surface area contributed by atoms with Gasteiger partial charge >= 0.3 is 5.97 Å². The molecule has 1 aromatic carbocycles. The number of anilines is 1. The molecule has 1 unspecified atom stereocenters. The molecule has 2 heterocycles. The van der Waals surface area contributed by atoms with Crippen LogP contribution in [0, 0.1) is 0 Å². The molecule has 0 aliphatic carbocycles. The zero-order valence-electron chi connectivity index (χ0n) is 12.4. The lowest BCUT2D eigenvalue weighted by molar-refractivity contribution is 0.0697. The molecule has 1 aliphatic rings. The van der Waals surface area contributed by atoms with Gasteiger partial charge in [-0.15, -0.1) is 11.8 Å². The first-order chi connectivity index (χ1) is 11.5. The van der Waals surface area contributed by atoms with Gasteiger partial charge in [0.2, 0.25) is 10.0 Å². The zero-order chi connectivity index (χ0) is 17.2. The second-order valence-electron chi connectivity index (χ2n) is 5.10. The van der Waals surface area contributed by atoms with Crippen LogP contribution >= 0.6 is 11.8 Å². The van der Waals surface area contributed by atoms with E-state index >= 15 is 0 Å². The van der Waals surface area contributed by atoms with Crippen molar-refractivity contribution in [2.75, 3.05) is 4.72 Å². The lowest BCUT2D eigenvalue weighted by Gasteiger charge is -2.14. The Morgan fingerprint density at radius 1 is 1.25 bits per heavy atom. The number of nitrogens with zero attached hydrogens (tertiary/aromatic N) is 1. The van der Waals surface area contributed by atoms with Gasteiger partial charge in [0.05, 0.1) is 11.3 Å². The van der Waals surface area contributed by atoms with Crippen molar-refractivity contribution >= 4 is 38.3 Å². The van der Waals surface area contributed by atoms with Gasteiger partial charge < -0.3 is 5.11 Å². The normalized spacial score (nSPS) is 17.3. The summed E-state index contributed by atoms with van der Waals surface area (Å²) in [5.74, 6) is -1.11. The molecular weight excluding hydrogens is 348 g/mol. The summed E-state index contributed by atoms with van der Waals surface area (Å²) < 4.78 is 26.8. The van der Waals surface area contributed by atoms with Crippen LogP contribution in [0.15, 0.2) is 54.7 Å². The lowest BCUT2D eigenvalue weighted by atomic mass is 10.2. The molecule has 0 saturated heterocycles. The molecule has 0 spiro atoms. The summed E-state index contributed by atoms with van der Waals surface area (Å²) in [6.07, 6.45) is 3.88. The van der Waals surface area contributed by atoms with Crippen molar-refractivity contribution in [3.8, 4) is 0 Å². The molecule has 0 radical (unpaired) electrons. The van der Waals surface area contributed by atoms with Crippen molar-refractivity contribution in [1.82, 2.24) is 4.98 Å². The summed E-state index contributed by atoms with van der Waals surface area (Å²) in [5.41, 5.74) is 1.01. The van der Waals surface area contributed by atoms with E-state index in [-0.39, 0.29) is 11.3 Å². The molecule has 0 bridgehead atoms. The fourth-order valence-corrected chi connectivity index (χ4v) is 5.06. The number of carbonyl (C=O) groups is 1. The summed E-state index contributed by atoms with van der Waals surface area (Å²) >= 11 is 1.23. The number of carboxylic acids is 1. The number of aromatic nitrogens is 1. The maximum absolute atomic E-state index is 12.5. The van der Waals surface area contributed by atoms with Crippen LogP contribution in [0.4, 0.5) is 5.69 Å². The van der Waals surface area contributed by atoms with Crippen LogP contribution in [0.25, 0.3) is 4.91 Å². The molecule has 2 aromatic rings. The Kier molecular flexibility index (Phi) is 4.59. The van der Waals surface area contributed by atoms with Crippen molar-refractivity contribution in [3.05, 3.63) is 66.0 Å². The van der Waals surface area contributed by atoms with Crippen LogP contribution in [0.3, 0.4) is 0 Å². The Labute approximate surface area is 143 Å². The number of rotatable bonds is 5. The van der Waals surface area contributed by atoms with Gasteiger partial charge in [0, 0.05) is 16.8 Å². The van der Waals surface area contributed by atoms with Gasteiger partial charge in [0.15, 0.2) is 0 Å². The first-order valence-corrected chi connectivity index (χ1v) is 9.51. The molecule has 0 fully saturated rings. The molecule has 124 valence electrons. The Balaban J connectivity index is 1.74. The number of aromatic carboxylic acids is 1. The highest BCUT2D eigenvalue weighted by Crippen LogP contribution is 2.41. The molecule has 1 atom stereocenters. The van der Waals surface area contributed by atoms with Crippen LogP contribution in [0.1, 0.15) is 22.5 Å². The van der Waals surface area contributed by atoms with Gasteiger partial charge in [-0.25, -0.2) is 13.2 Å². The molecule has 8 heteroatoms. The molecule has 1 aliphatic heterocycles. The Morgan fingerprint density at radius 2 is 2.08 bits per heavy atom. The second-order valence-corrected chi connectivity index (χ2v) is 8.51. The highest BCUT2D eigenvalue weighted by molar-refractivity contribution is 8.19. The van der Waals surface area contributed by atoms with E-state index < -0.39 is 20.6 Å². The molecule has 6 nitrogen and oxygen atoms in total. The van der Waals surface area contributed by atoms with Crippen LogP contribution in [0.5, 0.6) is 0 Å². The fourth-order valence-electron chi connectivity index (χ4n) is 2.25. The number of carboxylic acid groups (broad SMARTS) is 1. The smallest absolute Gasteiger partial charge is 0.335 e. The minimum absolute atomic E-state index is 0.0292. The van der Waals surface area contributed by atoms with E-state index in [1.54, 1.807) is 12.3 Å². The molecule has 24 heavy (non-hydrogen) atoms. The standard InChI is InChI=1S/C16H14N2O4S2/c19-16(20)11-4-3-5-12(10-11)18-24(21,22)15-8-7-14(23-15)13-6-1-2-9-17-13/h1-7,9-10,15,18H,8H2,(H,19,20). The van der Waals surface area contributed by atoms with Crippen molar-refractivity contribution in [2.45, 2.75) is 11.0 Å². The lowest BCUT2D eigenvalue weighted by Crippen LogP contribution is -2.23. The highest BCUT2D eigenvalue weighted by atomic mass is 32.3. The number of hydrogen-bond donors (Lipinski definition) is 2. The Hall–Kier alpha value is -2.32. The average molecular weight is 362 g/mol. The number of pyridine rings is 1. The summed E-state index contributed by atoms with van der Waals surface area (Å²) in [4.78, 5) is 16.0. The van der Waals surface area contributed by atoms with Crippen molar-refractivity contribution in [3.63, 3.8) is 0 Å². The summed E-state index contributed by atoms with van der Waals surface area (Å²) in [5, 5.41) is 8.98. The third kappa shape index (κ3) is 3.60. The van der Waals surface area contributed by atoms with Gasteiger partial charge in [-0.1, -0.05) is 18.2 Å². The topological polar surface area (TPSA) is 96.4 Å². The average Bonchev–Trinajstić information content (AvgIpc) is 3.06. The van der Waals surface area contributed by atoms with Crippen molar-refractivity contribution in [2.24, 2.45) is 0 Å². The van der Waals surface area contributed by atoms with Crippen LogP contribution in [-0.4, -0.2) is 29.1 Å². The second kappa shape index (κ2) is 6.66. The Morgan fingerprint density at radius 3 is 2.79 bits per heavy atom.